The minimum atomic E-state index is -4.54. The molecule has 9 heteroatoms. The van der Waals surface area contributed by atoms with Crippen molar-refractivity contribution in [3.8, 4) is 0 Å². The first-order chi connectivity index (χ1) is 8.97. The standard InChI is InChI=1S/C10H9ClF3N5/c11-7-6-19(18-9(7)10(12,13)14)5-4-15-8-2-1-3-16-17-8/h1-3,6H,4-5H2,(H,15,17). The third kappa shape index (κ3) is 3.57. The van der Waals surface area contributed by atoms with Crippen LogP contribution in [0.1, 0.15) is 5.69 Å². The van der Waals surface area contributed by atoms with Crippen LogP contribution in [0.2, 0.25) is 5.02 Å². The van der Waals surface area contributed by atoms with Gasteiger partial charge < -0.3 is 5.32 Å². The van der Waals surface area contributed by atoms with Crippen LogP contribution in [-0.4, -0.2) is 26.5 Å². The second-order valence-corrected chi connectivity index (χ2v) is 4.03. The molecule has 0 aliphatic carbocycles. The van der Waals surface area contributed by atoms with E-state index in [-0.39, 0.29) is 6.54 Å². The SMILES string of the molecule is FC(F)(F)c1nn(CCNc2cccnn2)cc1Cl. The quantitative estimate of drug-likeness (QED) is 0.940. The number of anilines is 1. The van der Waals surface area contributed by atoms with E-state index < -0.39 is 16.9 Å². The Hall–Kier alpha value is -1.83. The van der Waals surface area contributed by atoms with E-state index in [0.29, 0.717) is 12.4 Å². The van der Waals surface area contributed by atoms with Gasteiger partial charge in [-0.1, -0.05) is 11.6 Å². The molecule has 0 aliphatic rings. The summed E-state index contributed by atoms with van der Waals surface area (Å²) in [6, 6.07) is 3.39. The van der Waals surface area contributed by atoms with Crippen molar-refractivity contribution in [1.29, 1.82) is 0 Å². The molecule has 0 saturated heterocycles. The normalized spacial score (nSPS) is 11.6. The molecule has 0 fully saturated rings. The minimum absolute atomic E-state index is 0.229. The molecule has 0 bridgehead atoms. The van der Waals surface area contributed by atoms with Crippen LogP contribution in [0.3, 0.4) is 0 Å². The van der Waals surface area contributed by atoms with Crippen molar-refractivity contribution >= 4 is 17.4 Å². The molecule has 19 heavy (non-hydrogen) atoms. The highest BCUT2D eigenvalue weighted by molar-refractivity contribution is 6.31. The summed E-state index contributed by atoms with van der Waals surface area (Å²) < 4.78 is 38.5. The van der Waals surface area contributed by atoms with Gasteiger partial charge in [-0.25, -0.2) is 0 Å². The zero-order valence-electron chi connectivity index (χ0n) is 9.52. The number of hydrogen-bond donors (Lipinski definition) is 1. The largest absolute Gasteiger partial charge is 0.436 e. The van der Waals surface area contributed by atoms with E-state index in [0.717, 1.165) is 10.9 Å². The number of nitrogens with one attached hydrogen (secondary N) is 1. The van der Waals surface area contributed by atoms with Gasteiger partial charge in [-0.2, -0.15) is 23.4 Å². The molecular formula is C10H9ClF3N5. The Kier molecular flexibility index (Phi) is 3.89. The Morgan fingerprint density at radius 1 is 1.37 bits per heavy atom. The van der Waals surface area contributed by atoms with Gasteiger partial charge >= 0.3 is 6.18 Å². The van der Waals surface area contributed by atoms with Gasteiger partial charge in [-0.3, -0.25) is 4.68 Å². The van der Waals surface area contributed by atoms with Gasteiger partial charge in [0.15, 0.2) is 5.69 Å². The Morgan fingerprint density at radius 3 is 2.74 bits per heavy atom. The molecule has 0 aliphatic heterocycles. The molecule has 5 nitrogen and oxygen atoms in total. The highest BCUT2D eigenvalue weighted by Crippen LogP contribution is 2.32. The fourth-order valence-electron chi connectivity index (χ4n) is 1.40. The molecule has 0 radical (unpaired) electrons. The lowest BCUT2D eigenvalue weighted by Gasteiger charge is -2.05. The second-order valence-electron chi connectivity index (χ2n) is 3.62. The van der Waals surface area contributed by atoms with Crippen molar-refractivity contribution in [3.05, 3.63) is 35.2 Å². The summed E-state index contributed by atoms with van der Waals surface area (Å²) >= 11 is 5.48. The lowest BCUT2D eigenvalue weighted by Crippen LogP contribution is -2.13. The summed E-state index contributed by atoms with van der Waals surface area (Å²) in [5, 5.41) is 13.3. The van der Waals surface area contributed by atoms with E-state index in [4.69, 9.17) is 11.6 Å². The molecule has 102 valence electrons. The van der Waals surface area contributed by atoms with Crippen LogP contribution in [0.25, 0.3) is 0 Å². The lowest BCUT2D eigenvalue weighted by atomic mass is 10.4. The lowest BCUT2D eigenvalue weighted by molar-refractivity contribution is -0.141. The van der Waals surface area contributed by atoms with Crippen molar-refractivity contribution in [1.82, 2.24) is 20.0 Å². The van der Waals surface area contributed by atoms with Crippen molar-refractivity contribution in [2.45, 2.75) is 12.7 Å². The number of nitrogens with zero attached hydrogens (tertiary/aromatic N) is 4. The maximum Gasteiger partial charge on any atom is 0.436 e. The zero-order chi connectivity index (χ0) is 13.9. The number of halogens is 4. The summed E-state index contributed by atoms with van der Waals surface area (Å²) in [4.78, 5) is 0. The molecule has 2 aromatic rings. The monoisotopic (exact) mass is 291 g/mol. The number of hydrogen-bond acceptors (Lipinski definition) is 4. The van der Waals surface area contributed by atoms with Crippen LogP contribution in [-0.2, 0) is 12.7 Å². The molecule has 1 N–H and O–H groups in total. The molecule has 0 spiro atoms. The second kappa shape index (κ2) is 5.43. The smallest absolute Gasteiger partial charge is 0.367 e. The van der Waals surface area contributed by atoms with Crippen LogP contribution >= 0.6 is 11.6 Å². The van der Waals surface area contributed by atoms with Crippen LogP contribution in [0.5, 0.6) is 0 Å². The molecule has 2 heterocycles. The molecule has 0 amide bonds. The molecule has 0 atom stereocenters. The fourth-order valence-corrected chi connectivity index (χ4v) is 1.66. The average Bonchev–Trinajstić information content (AvgIpc) is 2.72. The molecule has 2 rings (SSSR count). The summed E-state index contributed by atoms with van der Waals surface area (Å²) in [5.41, 5.74) is -1.08. The molecule has 0 saturated carbocycles. The van der Waals surface area contributed by atoms with E-state index in [1.165, 1.54) is 6.20 Å². The van der Waals surface area contributed by atoms with Crippen LogP contribution in [0.4, 0.5) is 19.0 Å². The van der Waals surface area contributed by atoms with Crippen molar-refractivity contribution < 1.29 is 13.2 Å². The highest BCUT2D eigenvalue weighted by atomic mass is 35.5. The van der Waals surface area contributed by atoms with Gasteiger partial charge in [0.1, 0.15) is 5.82 Å². The molecular weight excluding hydrogens is 283 g/mol. The van der Waals surface area contributed by atoms with Gasteiger partial charge in [-0.15, -0.1) is 5.10 Å². The summed E-state index contributed by atoms with van der Waals surface area (Å²) in [6.45, 7) is 0.584. The Labute approximate surface area is 111 Å². The minimum Gasteiger partial charge on any atom is -0.367 e. The van der Waals surface area contributed by atoms with Gasteiger partial charge in [0, 0.05) is 18.9 Å². The predicted molar refractivity (Wildman–Crippen MR) is 62.8 cm³/mol. The van der Waals surface area contributed by atoms with Crippen molar-refractivity contribution in [2.75, 3.05) is 11.9 Å². The van der Waals surface area contributed by atoms with E-state index in [1.807, 2.05) is 0 Å². The maximum atomic E-state index is 12.5. The van der Waals surface area contributed by atoms with Crippen LogP contribution in [0.15, 0.2) is 24.5 Å². The van der Waals surface area contributed by atoms with E-state index >= 15 is 0 Å². The number of aromatic nitrogens is 4. The third-order valence-electron chi connectivity index (χ3n) is 2.20. The van der Waals surface area contributed by atoms with Gasteiger partial charge in [0.05, 0.1) is 11.6 Å². The van der Waals surface area contributed by atoms with Crippen molar-refractivity contribution in [3.63, 3.8) is 0 Å². The summed E-state index contributed by atoms with van der Waals surface area (Å²) in [6.07, 6.45) is -1.88. The fraction of sp³-hybridized carbons (Fsp3) is 0.300. The highest BCUT2D eigenvalue weighted by Gasteiger charge is 2.36. The molecule has 0 unspecified atom stereocenters. The first kappa shape index (κ1) is 13.6. The van der Waals surface area contributed by atoms with E-state index in [2.05, 4.69) is 20.6 Å². The van der Waals surface area contributed by atoms with Gasteiger partial charge in [-0.05, 0) is 12.1 Å². The van der Waals surface area contributed by atoms with E-state index in [9.17, 15) is 13.2 Å². The predicted octanol–water partition coefficient (Wildman–Crippen LogP) is 2.46. The average molecular weight is 292 g/mol. The molecule has 0 aromatic carbocycles. The third-order valence-corrected chi connectivity index (χ3v) is 2.48. The first-order valence-electron chi connectivity index (χ1n) is 5.28. The Morgan fingerprint density at radius 2 is 2.16 bits per heavy atom. The van der Waals surface area contributed by atoms with E-state index in [1.54, 1.807) is 12.1 Å². The van der Waals surface area contributed by atoms with Crippen molar-refractivity contribution in [2.24, 2.45) is 0 Å². The van der Waals surface area contributed by atoms with Crippen LogP contribution in [0, 0.1) is 0 Å². The number of rotatable bonds is 4. The zero-order valence-corrected chi connectivity index (χ0v) is 10.3. The first-order valence-corrected chi connectivity index (χ1v) is 5.66. The Bertz CT molecular complexity index is 540. The Balaban J connectivity index is 1.94. The maximum absolute atomic E-state index is 12.5. The summed E-state index contributed by atoms with van der Waals surface area (Å²) in [7, 11) is 0. The molecule has 2 aromatic heterocycles. The van der Waals surface area contributed by atoms with Crippen LogP contribution < -0.4 is 5.32 Å². The number of alkyl halides is 3. The topological polar surface area (TPSA) is 55.6 Å². The van der Waals surface area contributed by atoms with Gasteiger partial charge in [0.2, 0.25) is 0 Å². The summed E-state index contributed by atoms with van der Waals surface area (Å²) in [5.74, 6) is 0.539. The van der Waals surface area contributed by atoms with Gasteiger partial charge in [0.25, 0.3) is 0 Å².